The highest BCUT2D eigenvalue weighted by molar-refractivity contribution is 5.85. The van der Waals surface area contributed by atoms with Crippen molar-refractivity contribution in [2.75, 3.05) is 0 Å². The van der Waals surface area contributed by atoms with E-state index >= 15 is 0 Å². The van der Waals surface area contributed by atoms with Crippen molar-refractivity contribution in [2.24, 2.45) is 5.41 Å². The molecule has 1 amide bonds. The fraction of sp³-hybridized carbons (Fsp3) is 0.375. The van der Waals surface area contributed by atoms with Crippen molar-refractivity contribution >= 4 is 18.0 Å². The zero-order valence-corrected chi connectivity index (χ0v) is 12.1. The molecule has 0 aliphatic heterocycles. The van der Waals surface area contributed by atoms with Crippen molar-refractivity contribution in [3.63, 3.8) is 0 Å². The largest absolute Gasteiger partial charge is 0.478 e. The molecule has 0 heterocycles. The van der Waals surface area contributed by atoms with Crippen molar-refractivity contribution in [1.82, 2.24) is 5.32 Å². The normalized spacial score (nSPS) is 11.6. The van der Waals surface area contributed by atoms with Crippen LogP contribution in [0.3, 0.4) is 0 Å². The molecule has 4 heteroatoms. The van der Waals surface area contributed by atoms with E-state index in [9.17, 15) is 9.59 Å². The molecule has 0 aliphatic rings. The summed E-state index contributed by atoms with van der Waals surface area (Å²) in [7, 11) is 0. The summed E-state index contributed by atoms with van der Waals surface area (Å²) in [4.78, 5) is 22.3. The maximum absolute atomic E-state index is 11.9. The molecule has 1 rings (SSSR count). The molecule has 2 N–H and O–H groups in total. The molecule has 0 spiro atoms. The summed E-state index contributed by atoms with van der Waals surface area (Å²) in [6.07, 6.45) is 3.42. The molecular weight excluding hydrogens is 254 g/mol. The van der Waals surface area contributed by atoms with Gasteiger partial charge in [-0.15, -0.1) is 0 Å². The van der Waals surface area contributed by atoms with Gasteiger partial charge in [0.15, 0.2) is 0 Å². The minimum absolute atomic E-state index is 0.0369. The van der Waals surface area contributed by atoms with E-state index in [4.69, 9.17) is 5.11 Å². The summed E-state index contributed by atoms with van der Waals surface area (Å²) >= 11 is 0. The number of carbonyl (C=O) groups excluding carboxylic acids is 1. The van der Waals surface area contributed by atoms with Gasteiger partial charge in [0.25, 0.3) is 0 Å². The van der Waals surface area contributed by atoms with Crippen LogP contribution in [0, 0.1) is 5.41 Å². The van der Waals surface area contributed by atoms with Gasteiger partial charge >= 0.3 is 5.97 Å². The topological polar surface area (TPSA) is 66.4 Å². The maximum atomic E-state index is 11.9. The Hall–Kier alpha value is -2.10. The van der Waals surface area contributed by atoms with Gasteiger partial charge in [-0.3, -0.25) is 4.79 Å². The molecule has 0 bridgehead atoms. The van der Waals surface area contributed by atoms with Gasteiger partial charge in [0.05, 0.1) is 0 Å². The SMILES string of the molecule is CCC(C)(C)C(=O)NCc1ccc(C=CC(=O)O)cc1. The van der Waals surface area contributed by atoms with Crippen LogP contribution < -0.4 is 5.32 Å². The van der Waals surface area contributed by atoms with E-state index in [1.54, 1.807) is 0 Å². The van der Waals surface area contributed by atoms with Crippen LogP contribution in [0.1, 0.15) is 38.3 Å². The van der Waals surface area contributed by atoms with Gasteiger partial charge < -0.3 is 10.4 Å². The summed E-state index contributed by atoms with van der Waals surface area (Å²) in [5.74, 6) is -0.932. The quantitative estimate of drug-likeness (QED) is 0.784. The summed E-state index contributed by atoms with van der Waals surface area (Å²) in [5.41, 5.74) is 1.44. The van der Waals surface area contributed by atoms with Gasteiger partial charge in [0, 0.05) is 18.0 Å². The van der Waals surface area contributed by atoms with Gasteiger partial charge in [0.1, 0.15) is 0 Å². The van der Waals surface area contributed by atoms with Crippen LogP contribution in [-0.2, 0) is 16.1 Å². The monoisotopic (exact) mass is 275 g/mol. The van der Waals surface area contributed by atoms with Crippen LogP contribution >= 0.6 is 0 Å². The molecule has 0 saturated heterocycles. The molecular formula is C16H21NO3. The second kappa shape index (κ2) is 6.89. The summed E-state index contributed by atoms with van der Waals surface area (Å²) in [5, 5.41) is 11.4. The fourth-order valence-electron chi connectivity index (χ4n) is 1.50. The number of carbonyl (C=O) groups is 2. The van der Waals surface area contributed by atoms with Crippen LogP contribution in [0.2, 0.25) is 0 Å². The van der Waals surface area contributed by atoms with E-state index in [1.807, 2.05) is 45.0 Å². The third-order valence-electron chi connectivity index (χ3n) is 3.35. The van der Waals surface area contributed by atoms with E-state index in [-0.39, 0.29) is 11.3 Å². The first-order valence-corrected chi connectivity index (χ1v) is 6.63. The van der Waals surface area contributed by atoms with Crippen LogP contribution in [0.5, 0.6) is 0 Å². The Morgan fingerprint density at radius 1 is 1.25 bits per heavy atom. The van der Waals surface area contributed by atoms with Gasteiger partial charge in [-0.2, -0.15) is 0 Å². The lowest BCUT2D eigenvalue weighted by atomic mass is 9.89. The summed E-state index contributed by atoms with van der Waals surface area (Å²) in [6, 6.07) is 7.40. The predicted molar refractivity (Wildman–Crippen MR) is 79.0 cm³/mol. The third kappa shape index (κ3) is 4.88. The van der Waals surface area contributed by atoms with Crippen LogP contribution in [0.25, 0.3) is 6.08 Å². The lowest BCUT2D eigenvalue weighted by Gasteiger charge is -2.21. The van der Waals surface area contributed by atoms with Gasteiger partial charge in [0.2, 0.25) is 5.91 Å². The molecule has 0 aromatic heterocycles. The van der Waals surface area contributed by atoms with E-state index in [0.29, 0.717) is 6.54 Å². The number of aliphatic carboxylic acids is 1. The number of benzene rings is 1. The van der Waals surface area contributed by atoms with Crippen molar-refractivity contribution in [2.45, 2.75) is 33.7 Å². The standard InChI is InChI=1S/C16H21NO3/c1-4-16(2,3)15(20)17-11-13-7-5-12(6-8-13)9-10-14(18)19/h5-10H,4,11H2,1-3H3,(H,17,20)(H,18,19). The molecule has 4 nitrogen and oxygen atoms in total. The van der Waals surface area contributed by atoms with Crippen LogP contribution in [0.15, 0.2) is 30.3 Å². The molecule has 0 aliphatic carbocycles. The highest BCUT2D eigenvalue weighted by Gasteiger charge is 2.24. The van der Waals surface area contributed by atoms with Gasteiger partial charge in [-0.1, -0.05) is 45.0 Å². The van der Waals surface area contributed by atoms with Crippen molar-refractivity contribution in [3.8, 4) is 0 Å². The molecule has 20 heavy (non-hydrogen) atoms. The highest BCUT2D eigenvalue weighted by Crippen LogP contribution is 2.19. The van der Waals surface area contributed by atoms with E-state index < -0.39 is 5.97 Å². The second-order valence-corrected chi connectivity index (χ2v) is 5.33. The lowest BCUT2D eigenvalue weighted by molar-refractivity contribution is -0.131. The Labute approximate surface area is 119 Å². The minimum atomic E-state index is -0.969. The molecule has 0 saturated carbocycles. The fourth-order valence-corrected chi connectivity index (χ4v) is 1.50. The molecule has 1 aromatic rings. The Bertz CT molecular complexity index is 501. The maximum Gasteiger partial charge on any atom is 0.328 e. The first kappa shape index (κ1) is 16.0. The van der Waals surface area contributed by atoms with Crippen molar-refractivity contribution in [3.05, 3.63) is 41.5 Å². The summed E-state index contributed by atoms with van der Waals surface area (Å²) in [6.45, 7) is 6.30. The van der Waals surface area contributed by atoms with E-state index in [1.165, 1.54) is 6.08 Å². The van der Waals surface area contributed by atoms with E-state index in [0.717, 1.165) is 23.6 Å². The Morgan fingerprint density at radius 2 is 1.85 bits per heavy atom. The number of hydrogen-bond donors (Lipinski definition) is 2. The average molecular weight is 275 g/mol. The van der Waals surface area contributed by atoms with Crippen molar-refractivity contribution in [1.29, 1.82) is 0 Å². The smallest absolute Gasteiger partial charge is 0.328 e. The van der Waals surface area contributed by atoms with Gasteiger partial charge in [-0.25, -0.2) is 4.79 Å². The predicted octanol–water partition coefficient (Wildman–Crippen LogP) is 2.84. The number of nitrogens with one attached hydrogen (secondary N) is 1. The zero-order chi connectivity index (χ0) is 15.2. The van der Waals surface area contributed by atoms with Crippen molar-refractivity contribution < 1.29 is 14.7 Å². The lowest BCUT2D eigenvalue weighted by Crippen LogP contribution is -2.35. The average Bonchev–Trinajstić information content (AvgIpc) is 2.43. The number of hydrogen-bond acceptors (Lipinski definition) is 2. The van der Waals surface area contributed by atoms with Crippen LogP contribution in [0.4, 0.5) is 0 Å². The number of carboxylic acid groups (broad SMARTS) is 1. The Balaban J connectivity index is 2.58. The first-order valence-electron chi connectivity index (χ1n) is 6.63. The first-order chi connectivity index (χ1) is 9.35. The minimum Gasteiger partial charge on any atom is -0.478 e. The number of rotatable bonds is 6. The number of carboxylic acids is 1. The molecule has 0 atom stereocenters. The number of amides is 1. The Morgan fingerprint density at radius 3 is 2.35 bits per heavy atom. The molecule has 0 radical (unpaired) electrons. The molecule has 0 unspecified atom stereocenters. The third-order valence-corrected chi connectivity index (χ3v) is 3.35. The molecule has 1 aromatic carbocycles. The van der Waals surface area contributed by atoms with Crippen LogP contribution in [-0.4, -0.2) is 17.0 Å². The molecule has 0 fully saturated rings. The second-order valence-electron chi connectivity index (χ2n) is 5.33. The zero-order valence-electron chi connectivity index (χ0n) is 12.1. The Kier molecular flexibility index (Phi) is 5.50. The summed E-state index contributed by atoms with van der Waals surface area (Å²) < 4.78 is 0. The van der Waals surface area contributed by atoms with E-state index in [2.05, 4.69) is 5.32 Å². The van der Waals surface area contributed by atoms with Gasteiger partial charge in [-0.05, 0) is 23.6 Å². The highest BCUT2D eigenvalue weighted by atomic mass is 16.4. The molecule has 108 valence electrons.